The monoisotopic (exact) mass is 527 g/mol. The number of hydrogen-bond acceptors (Lipinski definition) is 3. The number of piperidine rings is 1. The fourth-order valence-corrected chi connectivity index (χ4v) is 4.35. The number of hydrogen-bond donors (Lipinski definition) is 2. The summed E-state index contributed by atoms with van der Waals surface area (Å²) in [5.74, 6) is 1.85. The molecule has 0 saturated carbocycles. The molecule has 1 aromatic rings. The van der Waals surface area contributed by atoms with Crippen LogP contribution in [0.2, 0.25) is 0 Å². The van der Waals surface area contributed by atoms with Crippen LogP contribution in [0.1, 0.15) is 50.7 Å². The van der Waals surface area contributed by atoms with Gasteiger partial charge >= 0.3 is 0 Å². The van der Waals surface area contributed by atoms with Crippen molar-refractivity contribution in [1.29, 1.82) is 0 Å². The van der Waals surface area contributed by atoms with E-state index in [0.717, 1.165) is 44.5 Å². The van der Waals surface area contributed by atoms with Crippen LogP contribution in [-0.2, 0) is 17.9 Å². The number of rotatable bonds is 6. The van der Waals surface area contributed by atoms with Gasteiger partial charge in [-0.3, -0.25) is 14.7 Å². The van der Waals surface area contributed by atoms with Gasteiger partial charge in [0, 0.05) is 52.2 Å². The molecule has 6 nitrogen and oxygen atoms in total. The van der Waals surface area contributed by atoms with Gasteiger partial charge in [-0.1, -0.05) is 38.1 Å². The molecule has 168 valence electrons. The first-order valence-electron chi connectivity index (χ1n) is 11.1. The maximum atomic E-state index is 11.8. The molecule has 2 N–H and O–H groups in total. The fourth-order valence-electron chi connectivity index (χ4n) is 4.35. The molecule has 2 atom stereocenters. The van der Waals surface area contributed by atoms with Gasteiger partial charge in [-0.05, 0) is 42.9 Å². The molecule has 2 saturated heterocycles. The number of halogens is 1. The summed E-state index contributed by atoms with van der Waals surface area (Å²) < 4.78 is 0. The summed E-state index contributed by atoms with van der Waals surface area (Å²) in [6, 6.07) is 9.18. The summed E-state index contributed by atoms with van der Waals surface area (Å²) in [7, 11) is 1.79. The minimum Gasteiger partial charge on any atom is -0.352 e. The molecule has 30 heavy (non-hydrogen) atoms. The van der Waals surface area contributed by atoms with E-state index in [9.17, 15) is 4.79 Å². The highest BCUT2D eigenvalue weighted by molar-refractivity contribution is 14.0. The van der Waals surface area contributed by atoms with E-state index in [-0.39, 0.29) is 35.9 Å². The standard InChI is InChI=1S/C23H37N5O.HI/c1-4-22(29)28-13-11-21(17-28)26-23(24-3)25-14-19-7-9-20(10-8-19)16-27-12-5-6-18(2)15-27;/h7-10,18,21H,4-6,11-17H2,1-3H3,(H2,24,25,26);1H. The molecular weight excluding hydrogens is 489 g/mol. The molecule has 2 aliphatic rings. The van der Waals surface area contributed by atoms with Gasteiger partial charge < -0.3 is 15.5 Å². The summed E-state index contributed by atoms with van der Waals surface area (Å²) in [5, 5.41) is 6.86. The lowest BCUT2D eigenvalue weighted by molar-refractivity contribution is -0.129. The van der Waals surface area contributed by atoms with Crippen LogP contribution < -0.4 is 10.6 Å². The van der Waals surface area contributed by atoms with Gasteiger partial charge in [0.25, 0.3) is 0 Å². The molecule has 2 unspecified atom stereocenters. The Morgan fingerprint density at radius 2 is 1.87 bits per heavy atom. The third-order valence-corrected chi connectivity index (χ3v) is 6.04. The zero-order chi connectivity index (χ0) is 20.6. The molecule has 0 spiro atoms. The molecule has 0 aliphatic carbocycles. The van der Waals surface area contributed by atoms with Gasteiger partial charge in [0.05, 0.1) is 0 Å². The van der Waals surface area contributed by atoms with Crippen LogP contribution in [-0.4, -0.2) is 60.9 Å². The lowest BCUT2D eigenvalue weighted by Crippen LogP contribution is -2.44. The maximum absolute atomic E-state index is 11.8. The van der Waals surface area contributed by atoms with Crippen LogP contribution >= 0.6 is 24.0 Å². The molecule has 0 aromatic heterocycles. The van der Waals surface area contributed by atoms with Crippen molar-refractivity contribution < 1.29 is 4.79 Å². The largest absolute Gasteiger partial charge is 0.352 e. The average molecular weight is 527 g/mol. The molecule has 1 aromatic carbocycles. The van der Waals surface area contributed by atoms with Gasteiger partial charge in [0.15, 0.2) is 5.96 Å². The van der Waals surface area contributed by atoms with E-state index in [4.69, 9.17) is 0 Å². The van der Waals surface area contributed by atoms with Crippen molar-refractivity contribution in [3.8, 4) is 0 Å². The zero-order valence-corrected chi connectivity index (χ0v) is 21.0. The number of guanidine groups is 1. The number of benzene rings is 1. The predicted molar refractivity (Wildman–Crippen MR) is 134 cm³/mol. The summed E-state index contributed by atoms with van der Waals surface area (Å²) in [6.07, 6.45) is 4.23. The van der Waals surface area contributed by atoms with Gasteiger partial charge in [-0.2, -0.15) is 0 Å². The molecule has 2 aliphatic heterocycles. The van der Waals surface area contributed by atoms with E-state index < -0.39 is 0 Å². The number of carbonyl (C=O) groups excluding carboxylic acids is 1. The van der Waals surface area contributed by atoms with Gasteiger partial charge in [-0.25, -0.2) is 0 Å². The Morgan fingerprint density at radius 3 is 2.53 bits per heavy atom. The van der Waals surface area contributed by atoms with E-state index in [0.29, 0.717) is 6.42 Å². The Balaban J connectivity index is 0.00000320. The number of carbonyl (C=O) groups is 1. The van der Waals surface area contributed by atoms with Crippen LogP contribution in [0, 0.1) is 5.92 Å². The molecule has 0 radical (unpaired) electrons. The van der Waals surface area contributed by atoms with Crippen LogP contribution in [0.25, 0.3) is 0 Å². The highest BCUT2D eigenvalue weighted by Gasteiger charge is 2.25. The Morgan fingerprint density at radius 1 is 1.13 bits per heavy atom. The van der Waals surface area contributed by atoms with Gasteiger partial charge in [0.2, 0.25) is 5.91 Å². The average Bonchev–Trinajstić information content (AvgIpc) is 3.20. The smallest absolute Gasteiger partial charge is 0.222 e. The number of nitrogens with one attached hydrogen (secondary N) is 2. The summed E-state index contributed by atoms with van der Waals surface area (Å²) >= 11 is 0. The molecule has 2 fully saturated rings. The molecule has 1 amide bonds. The van der Waals surface area contributed by atoms with Crippen LogP contribution in [0.5, 0.6) is 0 Å². The number of amides is 1. The second-order valence-corrected chi connectivity index (χ2v) is 8.55. The Hall–Kier alpha value is -1.35. The number of nitrogens with zero attached hydrogens (tertiary/aromatic N) is 3. The molecule has 0 bridgehead atoms. The molecule has 2 heterocycles. The van der Waals surface area contributed by atoms with Crippen molar-refractivity contribution in [2.75, 3.05) is 33.2 Å². The predicted octanol–water partition coefficient (Wildman–Crippen LogP) is 3.21. The van der Waals surface area contributed by atoms with E-state index in [2.05, 4.69) is 51.7 Å². The van der Waals surface area contributed by atoms with Crippen LogP contribution in [0.3, 0.4) is 0 Å². The van der Waals surface area contributed by atoms with Gasteiger partial charge in [-0.15, -0.1) is 24.0 Å². The SMILES string of the molecule is CCC(=O)N1CCC(NC(=NC)NCc2ccc(CN3CCCC(C)C3)cc2)C1.I. The lowest BCUT2D eigenvalue weighted by atomic mass is 9.99. The third-order valence-electron chi connectivity index (χ3n) is 6.04. The maximum Gasteiger partial charge on any atom is 0.222 e. The van der Waals surface area contributed by atoms with Crippen LogP contribution in [0.4, 0.5) is 0 Å². The van der Waals surface area contributed by atoms with Crippen molar-refractivity contribution >= 4 is 35.8 Å². The molecular formula is C23H38IN5O. The second-order valence-electron chi connectivity index (χ2n) is 8.55. The normalized spacial score (nSPS) is 22.5. The van der Waals surface area contributed by atoms with E-state index >= 15 is 0 Å². The van der Waals surface area contributed by atoms with Crippen molar-refractivity contribution in [2.24, 2.45) is 10.9 Å². The van der Waals surface area contributed by atoms with Crippen LogP contribution in [0.15, 0.2) is 29.3 Å². The Kier molecular flexibility index (Phi) is 10.4. The second kappa shape index (κ2) is 12.5. The summed E-state index contributed by atoms with van der Waals surface area (Å²) in [6.45, 7) is 10.1. The minimum atomic E-state index is 0. The lowest BCUT2D eigenvalue weighted by Gasteiger charge is -2.30. The van der Waals surface area contributed by atoms with E-state index in [1.54, 1.807) is 7.05 Å². The van der Waals surface area contributed by atoms with Crippen molar-refractivity contribution in [3.63, 3.8) is 0 Å². The Labute approximate surface area is 198 Å². The molecule has 7 heteroatoms. The number of likely N-dealkylation sites (tertiary alicyclic amines) is 2. The van der Waals surface area contributed by atoms with Crippen molar-refractivity contribution in [1.82, 2.24) is 20.4 Å². The highest BCUT2D eigenvalue weighted by Crippen LogP contribution is 2.18. The third kappa shape index (κ3) is 7.41. The number of aliphatic imine (C=N–C) groups is 1. The Bertz CT molecular complexity index is 693. The summed E-state index contributed by atoms with van der Waals surface area (Å²) in [4.78, 5) is 20.7. The quantitative estimate of drug-likeness (QED) is 0.339. The molecule has 3 rings (SSSR count). The van der Waals surface area contributed by atoms with E-state index in [1.807, 2.05) is 11.8 Å². The first-order chi connectivity index (χ1) is 14.1. The zero-order valence-electron chi connectivity index (χ0n) is 18.7. The summed E-state index contributed by atoms with van der Waals surface area (Å²) in [5.41, 5.74) is 2.63. The fraction of sp³-hybridized carbons (Fsp3) is 0.652. The highest BCUT2D eigenvalue weighted by atomic mass is 127. The minimum absolute atomic E-state index is 0. The first-order valence-corrected chi connectivity index (χ1v) is 11.1. The topological polar surface area (TPSA) is 60.0 Å². The first kappa shape index (κ1) is 24.9. The van der Waals surface area contributed by atoms with Crippen molar-refractivity contribution in [2.45, 2.75) is 58.7 Å². The van der Waals surface area contributed by atoms with Gasteiger partial charge in [0.1, 0.15) is 0 Å². The van der Waals surface area contributed by atoms with E-state index in [1.165, 1.54) is 37.1 Å². The van der Waals surface area contributed by atoms with Crippen molar-refractivity contribution in [3.05, 3.63) is 35.4 Å².